The Bertz CT molecular complexity index is 681. The molecule has 1 aromatic rings. The van der Waals surface area contributed by atoms with Crippen molar-refractivity contribution in [2.45, 2.75) is 39.0 Å². The highest BCUT2D eigenvalue weighted by molar-refractivity contribution is 5.76. The van der Waals surface area contributed by atoms with E-state index in [0.717, 1.165) is 0 Å². The second-order valence-corrected chi connectivity index (χ2v) is 6.32. The molecule has 2 heterocycles. The average Bonchev–Trinajstić information content (AvgIpc) is 2.78. The quantitative estimate of drug-likeness (QED) is 0.820. The molecule has 2 aliphatic heterocycles. The van der Waals surface area contributed by atoms with E-state index < -0.39 is 0 Å². The van der Waals surface area contributed by atoms with Gasteiger partial charge in [-0.15, -0.1) is 0 Å². The van der Waals surface area contributed by atoms with Crippen molar-refractivity contribution in [3.63, 3.8) is 0 Å². The highest BCUT2D eigenvalue weighted by atomic mass is 15.4. The van der Waals surface area contributed by atoms with Gasteiger partial charge in [0.15, 0.2) is 0 Å². The van der Waals surface area contributed by atoms with Gasteiger partial charge in [0.25, 0.3) is 0 Å². The van der Waals surface area contributed by atoms with E-state index in [9.17, 15) is 0 Å². The minimum absolute atomic E-state index is 0.228. The van der Waals surface area contributed by atoms with Crippen LogP contribution in [0, 0.1) is 0 Å². The maximum atomic E-state index is 3.70. The molecule has 21 heavy (non-hydrogen) atoms. The zero-order valence-corrected chi connectivity index (χ0v) is 12.7. The number of para-hydroxylation sites is 2. The summed E-state index contributed by atoms with van der Waals surface area (Å²) in [6.07, 6.45) is 7.10. The van der Waals surface area contributed by atoms with Crippen LogP contribution in [0.4, 0.5) is 11.4 Å². The third-order valence-corrected chi connectivity index (χ3v) is 4.53. The lowest BCUT2D eigenvalue weighted by molar-refractivity contribution is 0.193. The van der Waals surface area contributed by atoms with Gasteiger partial charge >= 0.3 is 0 Å². The van der Waals surface area contributed by atoms with E-state index in [0.29, 0.717) is 12.1 Å². The number of fused-ring (bicyclic) bond motifs is 3. The van der Waals surface area contributed by atoms with E-state index in [1.54, 1.807) is 0 Å². The highest BCUT2D eigenvalue weighted by Gasteiger charge is 2.42. The van der Waals surface area contributed by atoms with Crippen LogP contribution >= 0.6 is 0 Å². The standard InChI is InChI=1S/C18H21N3/c1-11(2)21-16-9-8-12(3)10-13(16)17-18(21)20-15-7-5-4-6-14(15)19-17/h4-11,16,18-20H,1-3H3. The summed E-state index contributed by atoms with van der Waals surface area (Å²) in [6, 6.07) is 9.27. The highest BCUT2D eigenvalue weighted by Crippen LogP contribution is 2.41. The number of anilines is 2. The fourth-order valence-electron chi connectivity index (χ4n) is 3.61. The van der Waals surface area contributed by atoms with E-state index >= 15 is 0 Å². The first-order valence-corrected chi connectivity index (χ1v) is 7.66. The van der Waals surface area contributed by atoms with Gasteiger partial charge in [-0.25, -0.2) is 0 Å². The van der Waals surface area contributed by atoms with Gasteiger partial charge in [-0.05, 0) is 38.5 Å². The molecule has 0 saturated heterocycles. The fourth-order valence-corrected chi connectivity index (χ4v) is 3.61. The molecule has 108 valence electrons. The van der Waals surface area contributed by atoms with E-state index in [1.165, 1.54) is 28.2 Å². The van der Waals surface area contributed by atoms with Crippen molar-refractivity contribution < 1.29 is 0 Å². The molecule has 0 bridgehead atoms. The molecule has 3 heteroatoms. The molecule has 0 spiro atoms. The van der Waals surface area contributed by atoms with Gasteiger partial charge in [0.2, 0.25) is 0 Å². The van der Waals surface area contributed by atoms with E-state index in [4.69, 9.17) is 0 Å². The normalized spacial score (nSPS) is 26.8. The Morgan fingerprint density at radius 3 is 2.67 bits per heavy atom. The Kier molecular flexibility index (Phi) is 2.73. The van der Waals surface area contributed by atoms with Crippen LogP contribution in [0.25, 0.3) is 0 Å². The molecule has 0 aromatic heterocycles. The van der Waals surface area contributed by atoms with Crippen LogP contribution in [-0.4, -0.2) is 23.1 Å². The first-order valence-electron chi connectivity index (χ1n) is 7.66. The fraction of sp³-hybridized carbons (Fsp3) is 0.333. The summed E-state index contributed by atoms with van der Waals surface area (Å²) in [5.74, 6) is 0. The Morgan fingerprint density at radius 1 is 1.14 bits per heavy atom. The molecule has 3 nitrogen and oxygen atoms in total. The van der Waals surface area contributed by atoms with E-state index in [-0.39, 0.29) is 6.17 Å². The first-order chi connectivity index (χ1) is 10.1. The van der Waals surface area contributed by atoms with Crippen LogP contribution in [0.15, 0.2) is 59.3 Å². The van der Waals surface area contributed by atoms with Gasteiger partial charge in [0.1, 0.15) is 6.17 Å². The average molecular weight is 279 g/mol. The zero-order valence-electron chi connectivity index (χ0n) is 12.7. The van der Waals surface area contributed by atoms with E-state index in [1.807, 2.05) is 0 Å². The second-order valence-electron chi connectivity index (χ2n) is 6.32. The number of rotatable bonds is 1. The van der Waals surface area contributed by atoms with Crippen LogP contribution in [-0.2, 0) is 0 Å². The summed E-state index contributed by atoms with van der Waals surface area (Å²) in [5.41, 5.74) is 6.37. The molecule has 1 aliphatic carbocycles. The van der Waals surface area contributed by atoms with Gasteiger partial charge < -0.3 is 10.6 Å². The monoisotopic (exact) mass is 279 g/mol. The Morgan fingerprint density at radius 2 is 1.90 bits per heavy atom. The predicted molar refractivity (Wildman–Crippen MR) is 88.2 cm³/mol. The lowest BCUT2D eigenvalue weighted by Gasteiger charge is -2.38. The van der Waals surface area contributed by atoms with Crippen molar-refractivity contribution in [2.24, 2.45) is 0 Å². The van der Waals surface area contributed by atoms with Gasteiger partial charge in [-0.1, -0.05) is 35.9 Å². The summed E-state index contributed by atoms with van der Waals surface area (Å²) in [5, 5.41) is 7.36. The molecular weight excluding hydrogens is 258 g/mol. The number of hydrogen-bond donors (Lipinski definition) is 2. The zero-order chi connectivity index (χ0) is 14.6. The number of benzene rings is 1. The SMILES string of the molecule is CC1=CC2=C3Nc4ccccc4NC3N(C(C)C)C2C=C1. The molecule has 2 atom stereocenters. The van der Waals surface area contributed by atoms with Gasteiger partial charge in [0.05, 0.1) is 23.1 Å². The molecule has 0 saturated carbocycles. The molecule has 0 fully saturated rings. The van der Waals surface area contributed by atoms with Crippen molar-refractivity contribution in [1.82, 2.24) is 4.90 Å². The molecule has 0 radical (unpaired) electrons. The van der Waals surface area contributed by atoms with Crippen molar-refractivity contribution >= 4 is 11.4 Å². The summed E-state index contributed by atoms with van der Waals surface area (Å²) < 4.78 is 0. The van der Waals surface area contributed by atoms with Crippen LogP contribution < -0.4 is 10.6 Å². The molecule has 4 rings (SSSR count). The number of nitrogens with zero attached hydrogens (tertiary/aromatic N) is 1. The third kappa shape index (κ3) is 1.84. The third-order valence-electron chi connectivity index (χ3n) is 4.53. The topological polar surface area (TPSA) is 27.3 Å². The van der Waals surface area contributed by atoms with Gasteiger partial charge in [-0.3, -0.25) is 4.90 Å². The molecule has 0 amide bonds. The smallest absolute Gasteiger partial charge is 0.122 e. The van der Waals surface area contributed by atoms with Gasteiger partial charge in [0, 0.05) is 6.04 Å². The van der Waals surface area contributed by atoms with Crippen LogP contribution in [0.1, 0.15) is 20.8 Å². The maximum absolute atomic E-state index is 3.70. The minimum atomic E-state index is 0.228. The number of allylic oxidation sites excluding steroid dienone is 2. The largest absolute Gasteiger partial charge is 0.363 e. The second kappa shape index (κ2) is 4.50. The lowest BCUT2D eigenvalue weighted by atomic mass is 9.97. The van der Waals surface area contributed by atoms with Gasteiger partial charge in [-0.2, -0.15) is 0 Å². The minimum Gasteiger partial charge on any atom is -0.363 e. The van der Waals surface area contributed by atoms with Crippen LogP contribution in [0.5, 0.6) is 0 Å². The molecule has 2 unspecified atom stereocenters. The van der Waals surface area contributed by atoms with Crippen molar-refractivity contribution in [3.8, 4) is 0 Å². The maximum Gasteiger partial charge on any atom is 0.122 e. The summed E-state index contributed by atoms with van der Waals surface area (Å²) in [7, 11) is 0. The predicted octanol–water partition coefficient (Wildman–Crippen LogP) is 3.71. The summed E-state index contributed by atoms with van der Waals surface area (Å²) in [4.78, 5) is 2.53. The number of hydrogen-bond acceptors (Lipinski definition) is 3. The molecular formula is C18H21N3. The molecule has 1 aromatic carbocycles. The van der Waals surface area contributed by atoms with Crippen LogP contribution in [0.3, 0.4) is 0 Å². The van der Waals surface area contributed by atoms with Crippen molar-refractivity contribution in [3.05, 3.63) is 59.3 Å². The van der Waals surface area contributed by atoms with Crippen molar-refractivity contribution in [2.75, 3.05) is 10.6 Å². The van der Waals surface area contributed by atoms with Crippen LogP contribution in [0.2, 0.25) is 0 Å². The molecule has 3 aliphatic rings. The lowest BCUT2D eigenvalue weighted by Crippen LogP contribution is -2.48. The Hall–Kier alpha value is -2.00. The van der Waals surface area contributed by atoms with Crippen molar-refractivity contribution in [1.29, 1.82) is 0 Å². The summed E-state index contributed by atoms with van der Waals surface area (Å²) in [6.45, 7) is 6.70. The molecule has 2 N–H and O–H groups in total. The number of nitrogens with one attached hydrogen (secondary N) is 2. The first kappa shape index (κ1) is 12.7. The Labute approximate surface area is 126 Å². The Balaban J connectivity index is 1.84. The summed E-state index contributed by atoms with van der Waals surface area (Å²) >= 11 is 0. The van der Waals surface area contributed by atoms with E-state index in [2.05, 4.69) is 78.8 Å².